The van der Waals surface area contributed by atoms with Crippen LogP contribution in [0.25, 0.3) is 11.1 Å². The lowest BCUT2D eigenvalue weighted by atomic mass is 10.1. The molecule has 0 bridgehead atoms. The van der Waals surface area contributed by atoms with Crippen molar-refractivity contribution in [1.29, 1.82) is 0 Å². The van der Waals surface area contributed by atoms with Gasteiger partial charge in [-0.15, -0.1) is 0 Å². The quantitative estimate of drug-likeness (QED) is 0.922. The molecule has 0 radical (unpaired) electrons. The molecule has 1 N–H and O–H groups in total. The van der Waals surface area contributed by atoms with Gasteiger partial charge in [-0.1, -0.05) is 28.1 Å². The smallest absolute Gasteiger partial charge is 0.225 e. The lowest BCUT2D eigenvalue weighted by Crippen LogP contribution is -2.44. The third kappa shape index (κ3) is 2.93. The number of aromatic nitrogens is 2. The Balaban J connectivity index is 1.82. The molecule has 0 atom stereocenters. The molecule has 1 fully saturated rings. The van der Waals surface area contributed by atoms with E-state index in [9.17, 15) is 0 Å². The van der Waals surface area contributed by atoms with E-state index < -0.39 is 0 Å². The van der Waals surface area contributed by atoms with Gasteiger partial charge in [-0.3, -0.25) is 0 Å². The molecule has 98 valence electrons. The van der Waals surface area contributed by atoms with Gasteiger partial charge < -0.3 is 10.2 Å². The van der Waals surface area contributed by atoms with Crippen LogP contribution in [-0.2, 0) is 0 Å². The molecule has 2 aromatic rings. The summed E-state index contributed by atoms with van der Waals surface area (Å²) in [4.78, 5) is 11.2. The highest BCUT2D eigenvalue weighted by Gasteiger charge is 2.12. The fraction of sp³-hybridized carbons (Fsp3) is 0.286. The Hall–Kier alpha value is -1.46. The highest BCUT2D eigenvalue weighted by molar-refractivity contribution is 9.10. The first-order valence-corrected chi connectivity index (χ1v) is 7.16. The first-order valence-electron chi connectivity index (χ1n) is 6.36. The second kappa shape index (κ2) is 5.67. The topological polar surface area (TPSA) is 41.1 Å². The molecule has 4 nitrogen and oxygen atoms in total. The van der Waals surface area contributed by atoms with Gasteiger partial charge in [0.15, 0.2) is 0 Å². The summed E-state index contributed by atoms with van der Waals surface area (Å²) in [6, 6.07) is 8.17. The van der Waals surface area contributed by atoms with E-state index in [0.717, 1.165) is 47.7 Å². The van der Waals surface area contributed by atoms with Crippen molar-refractivity contribution in [3.63, 3.8) is 0 Å². The molecular formula is C14H15BrN4. The van der Waals surface area contributed by atoms with E-state index in [2.05, 4.69) is 48.2 Å². The summed E-state index contributed by atoms with van der Waals surface area (Å²) in [6.07, 6.45) is 3.79. The van der Waals surface area contributed by atoms with E-state index in [1.807, 2.05) is 24.5 Å². The molecule has 1 aliphatic heterocycles. The standard InChI is InChI=1S/C14H15BrN4/c15-13-3-1-2-11(8-13)12-9-17-14(18-10-12)19-6-4-16-5-7-19/h1-3,8-10,16H,4-7H2. The van der Waals surface area contributed by atoms with Crippen molar-refractivity contribution in [2.75, 3.05) is 31.1 Å². The van der Waals surface area contributed by atoms with Gasteiger partial charge in [-0.05, 0) is 17.7 Å². The number of anilines is 1. The molecule has 0 unspecified atom stereocenters. The van der Waals surface area contributed by atoms with Crippen LogP contribution in [0.2, 0.25) is 0 Å². The summed E-state index contributed by atoms with van der Waals surface area (Å²) in [7, 11) is 0. The molecule has 19 heavy (non-hydrogen) atoms. The predicted octanol–water partition coefficient (Wildman–Crippen LogP) is 2.32. The van der Waals surface area contributed by atoms with E-state index in [0.29, 0.717) is 0 Å². The summed E-state index contributed by atoms with van der Waals surface area (Å²) in [5.41, 5.74) is 2.17. The van der Waals surface area contributed by atoms with Crippen LogP contribution in [0.4, 0.5) is 5.95 Å². The molecule has 1 aromatic heterocycles. The summed E-state index contributed by atoms with van der Waals surface area (Å²) in [5, 5.41) is 3.33. The summed E-state index contributed by atoms with van der Waals surface area (Å²) in [6.45, 7) is 3.93. The Kier molecular flexibility index (Phi) is 3.75. The minimum absolute atomic E-state index is 0.820. The van der Waals surface area contributed by atoms with Crippen molar-refractivity contribution in [1.82, 2.24) is 15.3 Å². The molecule has 0 amide bonds. The van der Waals surface area contributed by atoms with Crippen LogP contribution < -0.4 is 10.2 Å². The number of piperazine rings is 1. The Morgan fingerprint density at radius 2 is 1.79 bits per heavy atom. The maximum Gasteiger partial charge on any atom is 0.225 e. The summed E-state index contributed by atoms with van der Waals surface area (Å²) < 4.78 is 1.07. The van der Waals surface area contributed by atoms with Gasteiger partial charge in [0.1, 0.15) is 0 Å². The first kappa shape index (κ1) is 12.6. The largest absolute Gasteiger partial charge is 0.338 e. The maximum absolute atomic E-state index is 4.48. The zero-order valence-corrected chi connectivity index (χ0v) is 12.1. The highest BCUT2D eigenvalue weighted by atomic mass is 79.9. The van der Waals surface area contributed by atoms with Crippen molar-refractivity contribution in [3.05, 3.63) is 41.1 Å². The molecule has 1 aliphatic rings. The van der Waals surface area contributed by atoms with Gasteiger partial charge in [0.25, 0.3) is 0 Å². The normalized spacial score (nSPS) is 15.5. The molecular weight excluding hydrogens is 304 g/mol. The van der Waals surface area contributed by atoms with Gasteiger partial charge in [-0.25, -0.2) is 9.97 Å². The van der Waals surface area contributed by atoms with Crippen LogP contribution in [0.5, 0.6) is 0 Å². The number of benzene rings is 1. The van der Waals surface area contributed by atoms with E-state index in [1.165, 1.54) is 0 Å². The average Bonchev–Trinajstić information content (AvgIpc) is 2.48. The minimum atomic E-state index is 0.820. The zero-order chi connectivity index (χ0) is 13.1. The van der Waals surface area contributed by atoms with Gasteiger partial charge in [0.05, 0.1) is 0 Å². The number of hydrogen-bond donors (Lipinski definition) is 1. The number of halogens is 1. The molecule has 0 saturated carbocycles. The fourth-order valence-corrected chi connectivity index (χ4v) is 2.57. The van der Waals surface area contributed by atoms with Crippen molar-refractivity contribution in [2.24, 2.45) is 0 Å². The van der Waals surface area contributed by atoms with Crippen molar-refractivity contribution in [2.45, 2.75) is 0 Å². The van der Waals surface area contributed by atoms with E-state index in [1.54, 1.807) is 0 Å². The summed E-state index contributed by atoms with van der Waals surface area (Å²) in [5.74, 6) is 0.820. The van der Waals surface area contributed by atoms with Gasteiger partial charge in [-0.2, -0.15) is 0 Å². The van der Waals surface area contributed by atoms with Crippen LogP contribution in [0.1, 0.15) is 0 Å². The van der Waals surface area contributed by atoms with Crippen LogP contribution in [0, 0.1) is 0 Å². The Bertz CT molecular complexity index is 550. The second-order valence-corrected chi connectivity index (χ2v) is 5.43. The third-order valence-corrected chi connectivity index (χ3v) is 3.69. The Morgan fingerprint density at radius 1 is 1.05 bits per heavy atom. The molecule has 1 aromatic carbocycles. The third-order valence-electron chi connectivity index (χ3n) is 3.20. The second-order valence-electron chi connectivity index (χ2n) is 4.52. The zero-order valence-electron chi connectivity index (χ0n) is 10.5. The Morgan fingerprint density at radius 3 is 2.47 bits per heavy atom. The van der Waals surface area contributed by atoms with Crippen LogP contribution in [0.3, 0.4) is 0 Å². The van der Waals surface area contributed by atoms with Crippen LogP contribution in [-0.4, -0.2) is 36.1 Å². The fourth-order valence-electron chi connectivity index (χ4n) is 2.17. The lowest BCUT2D eigenvalue weighted by molar-refractivity contribution is 0.580. The summed E-state index contributed by atoms with van der Waals surface area (Å²) >= 11 is 3.48. The van der Waals surface area contributed by atoms with Gasteiger partial charge in [0, 0.05) is 48.6 Å². The number of hydrogen-bond acceptors (Lipinski definition) is 4. The van der Waals surface area contributed by atoms with Crippen LogP contribution >= 0.6 is 15.9 Å². The molecule has 0 aliphatic carbocycles. The highest BCUT2D eigenvalue weighted by Crippen LogP contribution is 2.22. The maximum atomic E-state index is 4.48. The van der Waals surface area contributed by atoms with Crippen LogP contribution in [0.15, 0.2) is 41.1 Å². The van der Waals surface area contributed by atoms with E-state index in [4.69, 9.17) is 0 Å². The molecule has 3 rings (SSSR count). The minimum Gasteiger partial charge on any atom is -0.338 e. The molecule has 5 heteroatoms. The monoisotopic (exact) mass is 318 g/mol. The number of rotatable bonds is 2. The van der Waals surface area contributed by atoms with Crippen molar-refractivity contribution >= 4 is 21.9 Å². The molecule has 0 spiro atoms. The molecule has 1 saturated heterocycles. The van der Waals surface area contributed by atoms with Gasteiger partial charge >= 0.3 is 0 Å². The Labute approximate surface area is 121 Å². The predicted molar refractivity (Wildman–Crippen MR) is 80.3 cm³/mol. The SMILES string of the molecule is Brc1cccc(-c2cnc(N3CCNCC3)nc2)c1. The lowest BCUT2D eigenvalue weighted by Gasteiger charge is -2.27. The number of nitrogens with one attached hydrogen (secondary N) is 1. The van der Waals surface area contributed by atoms with Crippen molar-refractivity contribution in [3.8, 4) is 11.1 Å². The van der Waals surface area contributed by atoms with Gasteiger partial charge in [0.2, 0.25) is 5.95 Å². The van der Waals surface area contributed by atoms with E-state index >= 15 is 0 Å². The van der Waals surface area contributed by atoms with Crippen molar-refractivity contribution < 1.29 is 0 Å². The first-order chi connectivity index (χ1) is 9.33. The van der Waals surface area contributed by atoms with E-state index in [-0.39, 0.29) is 0 Å². The average molecular weight is 319 g/mol. The number of nitrogens with zero attached hydrogens (tertiary/aromatic N) is 3. The molecule has 2 heterocycles.